The Bertz CT molecular complexity index is 478. The molecule has 0 saturated carbocycles. The molecule has 0 spiro atoms. The first kappa shape index (κ1) is 12.6. The minimum absolute atomic E-state index is 0.0759. The third-order valence-electron chi connectivity index (χ3n) is 3.29. The van der Waals surface area contributed by atoms with Crippen LogP contribution in [0.25, 0.3) is 0 Å². The Kier molecular flexibility index (Phi) is 3.96. The summed E-state index contributed by atoms with van der Waals surface area (Å²) in [5.41, 5.74) is 1.57. The highest BCUT2D eigenvalue weighted by molar-refractivity contribution is 5.82. The van der Waals surface area contributed by atoms with Crippen molar-refractivity contribution in [1.29, 1.82) is 5.26 Å². The van der Waals surface area contributed by atoms with Gasteiger partial charge in [-0.15, -0.1) is 0 Å². The second-order valence-corrected chi connectivity index (χ2v) is 4.44. The Morgan fingerprint density at radius 1 is 1.50 bits per heavy atom. The molecule has 1 aliphatic heterocycles. The number of carbonyl (C=O) groups excluding carboxylic acids is 1. The number of benzene rings is 1. The standard InChI is InChI=1S/C14H17N3O/c1-2-13-14(18)17(8-7-16-13)10-12-6-4-3-5-11(12)9-15/h3-6,13,16H,2,7-8,10H2,1H3. The molecule has 1 aliphatic rings. The number of hydrogen-bond acceptors (Lipinski definition) is 3. The van der Waals surface area contributed by atoms with Crippen molar-refractivity contribution in [2.45, 2.75) is 25.9 Å². The maximum atomic E-state index is 12.1. The van der Waals surface area contributed by atoms with Crippen LogP contribution in [0, 0.1) is 11.3 Å². The average molecular weight is 243 g/mol. The van der Waals surface area contributed by atoms with Crippen LogP contribution in [0.2, 0.25) is 0 Å². The maximum Gasteiger partial charge on any atom is 0.240 e. The number of rotatable bonds is 3. The Morgan fingerprint density at radius 3 is 3.00 bits per heavy atom. The number of nitriles is 1. The third-order valence-corrected chi connectivity index (χ3v) is 3.29. The van der Waals surface area contributed by atoms with Crippen LogP contribution in [0.5, 0.6) is 0 Å². The highest BCUT2D eigenvalue weighted by Gasteiger charge is 2.26. The van der Waals surface area contributed by atoms with Gasteiger partial charge in [-0.1, -0.05) is 25.1 Å². The van der Waals surface area contributed by atoms with Gasteiger partial charge in [-0.05, 0) is 18.1 Å². The molecule has 0 radical (unpaired) electrons. The molecule has 1 atom stereocenters. The van der Waals surface area contributed by atoms with Crippen LogP contribution >= 0.6 is 0 Å². The molecule has 0 bridgehead atoms. The van der Waals surface area contributed by atoms with Gasteiger partial charge < -0.3 is 10.2 Å². The molecule has 4 nitrogen and oxygen atoms in total. The summed E-state index contributed by atoms with van der Waals surface area (Å²) in [5, 5.41) is 12.3. The van der Waals surface area contributed by atoms with Crippen molar-refractivity contribution in [3.05, 3.63) is 35.4 Å². The molecule has 2 rings (SSSR count). The van der Waals surface area contributed by atoms with E-state index in [0.29, 0.717) is 18.7 Å². The molecule has 18 heavy (non-hydrogen) atoms. The number of hydrogen-bond donors (Lipinski definition) is 1. The SMILES string of the molecule is CCC1NCCN(Cc2ccccc2C#N)C1=O. The van der Waals surface area contributed by atoms with Gasteiger partial charge in [-0.3, -0.25) is 4.79 Å². The first-order valence-electron chi connectivity index (χ1n) is 6.26. The predicted octanol–water partition coefficient (Wildman–Crippen LogP) is 1.27. The van der Waals surface area contributed by atoms with Crippen LogP contribution in [0.3, 0.4) is 0 Å². The lowest BCUT2D eigenvalue weighted by atomic mass is 10.1. The van der Waals surface area contributed by atoms with E-state index in [4.69, 9.17) is 5.26 Å². The number of carbonyl (C=O) groups is 1. The molecular formula is C14H17N3O. The third kappa shape index (κ3) is 2.52. The number of piperazine rings is 1. The van der Waals surface area contributed by atoms with Gasteiger partial charge in [-0.25, -0.2) is 0 Å². The minimum atomic E-state index is -0.0759. The fraction of sp³-hybridized carbons (Fsp3) is 0.429. The molecule has 1 aromatic rings. The van der Waals surface area contributed by atoms with Crippen LogP contribution in [0.4, 0.5) is 0 Å². The lowest BCUT2D eigenvalue weighted by Crippen LogP contribution is -2.54. The van der Waals surface area contributed by atoms with Gasteiger partial charge in [-0.2, -0.15) is 5.26 Å². The monoisotopic (exact) mass is 243 g/mol. The first-order valence-corrected chi connectivity index (χ1v) is 6.26. The van der Waals surface area contributed by atoms with Crippen LogP contribution in [-0.4, -0.2) is 29.9 Å². The fourth-order valence-corrected chi connectivity index (χ4v) is 2.24. The van der Waals surface area contributed by atoms with Crippen molar-refractivity contribution in [1.82, 2.24) is 10.2 Å². The summed E-state index contributed by atoms with van der Waals surface area (Å²) in [4.78, 5) is 14.0. The van der Waals surface area contributed by atoms with Gasteiger partial charge in [0.15, 0.2) is 0 Å². The lowest BCUT2D eigenvalue weighted by Gasteiger charge is -2.33. The highest BCUT2D eigenvalue weighted by Crippen LogP contribution is 2.13. The van der Waals surface area contributed by atoms with E-state index in [0.717, 1.165) is 18.5 Å². The van der Waals surface area contributed by atoms with E-state index in [-0.39, 0.29) is 11.9 Å². The fourth-order valence-electron chi connectivity index (χ4n) is 2.24. The van der Waals surface area contributed by atoms with Crippen molar-refractivity contribution in [3.63, 3.8) is 0 Å². The van der Waals surface area contributed by atoms with Gasteiger partial charge >= 0.3 is 0 Å². The van der Waals surface area contributed by atoms with Crippen molar-refractivity contribution in [3.8, 4) is 6.07 Å². The van der Waals surface area contributed by atoms with E-state index in [1.165, 1.54) is 0 Å². The van der Waals surface area contributed by atoms with Crippen molar-refractivity contribution < 1.29 is 4.79 Å². The molecule has 1 heterocycles. The quantitative estimate of drug-likeness (QED) is 0.869. The molecule has 94 valence electrons. The second-order valence-electron chi connectivity index (χ2n) is 4.44. The smallest absolute Gasteiger partial charge is 0.240 e. The predicted molar refractivity (Wildman–Crippen MR) is 68.7 cm³/mol. The summed E-state index contributed by atoms with van der Waals surface area (Å²) in [6.07, 6.45) is 0.801. The summed E-state index contributed by atoms with van der Waals surface area (Å²) >= 11 is 0. The summed E-state index contributed by atoms with van der Waals surface area (Å²) in [5.74, 6) is 0.136. The van der Waals surface area contributed by atoms with E-state index < -0.39 is 0 Å². The highest BCUT2D eigenvalue weighted by atomic mass is 16.2. The average Bonchev–Trinajstić information content (AvgIpc) is 2.42. The van der Waals surface area contributed by atoms with Gasteiger partial charge in [0, 0.05) is 19.6 Å². The Hall–Kier alpha value is -1.86. The summed E-state index contributed by atoms with van der Waals surface area (Å²) in [6.45, 7) is 4.05. The van der Waals surface area contributed by atoms with Crippen LogP contribution in [-0.2, 0) is 11.3 Å². The van der Waals surface area contributed by atoms with E-state index in [1.807, 2.05) is 30.0 Å². The minimum Gasteiger partial charge on any atom is -0.336 e. The van der Waals surface area contributed by atoms with Crippen LogP contribution in [0.15, 0.2) is 24.3 Å². The summed E-state index contributed by atoms with van der Waals surface area (Å²) in [7, 11) is 0. The maximum absolute atomic E-state index is 12.1. The summed E-state index contributed by atoms with van der Waals surface area (Å²) in [6, 6.07) is 9.54. The van der Waals surface area contributed by atoms with Crippen LogP contribution in [0.1, 0.15) is 24.5 Å². The zero-order chi connectivity index (χ0) is 13.0. The molecular weight excluding hydrogens is 226 g/mol. The molecule has 1 N–H and O–H groups in total. The normalized spacial score (nSPS) is 19.7. The van der Waals surface area contributed by atoms with E-state index in [9.17, 15) is 4.79 Å². The van der Waals surface area contributed by atoms with Crippen molar-refractivity contribution in [2.24, 2.45) is 0 Å². The molecule has 1 aromatic carbocycles. The zero-order valence-electron chi connectivity index (χ0n) is 10.5. The van der Waals surface area contributed by atoms with E-state index >= 15 is 0 Å². The number of nitrogens with one attached hydrogen (secondary N) is 1. The molecule has 0 aliphatic carbocycles. The van der Waals surface area contributed by atoms with Gasteiger partial charge in [0.2, 0.25) is 5.91 Å². The van der Waals surface area contributed by atoms with Crippen molar-refractivity contribution >= 4 is 5.91 Å². The Balaban J connectivity index is 2.14. The first-order chi connectivity index (χ1) is 8.76. The largest absolute Gasteiger partial charge is 0.336 e. The second kappa shape index (κ2) is 5.65. The van der Waals surface area contributed by atoms with Crippen molar-refractivity contribution in [2.75, 3.05) is 13.1 Å². The lowest BCUT2D eigenvalue weighted by molar-refractivity contribution is -0.136. The van der Waals surface area contributed by atoms with Crippen LogP contribution < -0.4 is 5.32 Å². The molecule has 1 saturated heterocycles. The number of nitrogens with zero attached hydrogens (tertiary/aromatic N) is 2. The Morgan fingerprint density at radius 2 is 2.28 bits per heavy atom. The molecule has 4 heteroatoms. The van der Waals surface area contributed by atoms with Gasteiger partial charge in [0.25, 0.3) is 0 Å². The Labute approximate surface area is 107 Å². The van der Waals surface area contributed by atoms with E-state index in [2.05, 4.69) is 11.4 Å². The van der Waals surface area contributed by atoms with Gasteiger partial charge in [0.1, 0.15) is 0 Å². The summed E-state index contributed by atoms with van der Waals surface area (Å²) < 4.78 is 0. The number of amides is 1. The molecule has 1 fully saturated rings. The van der Waals surface area contributed by atoms with E-state index in [1.54, 1.807) is 6.07 Å². The molecule has 0 aromatic heterocycles. The molecule has 1 amide bonds. The molecule has 1 unspecified atom stereocenters. The zero-order valence-corrected chi connectivity index (χ0v) is 10.5. The van der Waals surface area contributed by atoms with Gasteiger partial charge in [0.05, 0.1) is 17.7 Å². The topological polar surface area (TPSA) is 56.1 Å².